The SMILES string of the molecule is CN1CC2CC(c3nc4cc(Br)ccc4s3)(C2)C1. The fourth-order valence-electron chi connectivity index (χ4n) is 3.70. The second-order valence-electron chi connectivity index (χ2n) is 5.88. The van der Waals surface area contributed by atoms with Crippen LogP contribution in [-0.2, 0) is 5.41 Å². The van der Waals surface area contributed by atoms with Crippen LogP contribution in [0.25, 0.3) is 10.2 Å². The highest BCUT2D eigenvalue weighted by atomic mass is 79.9. The van der Waals surface area contributed by atoms with Gasteiger partial charge in [0.1, 0.15) is 5.01 Å². The van der Waals surface area contributed by atoms with Crippen molar-refractivity contribution in [2.24, 2.45) is 5.92 Å². The summed E-state index contributed by atoms with van der Waals surface area (Å²) in [5, 5.41) is 1.36. The molecular weight excluding hydrogens is 308 g/mol. The number of benzene rings is 1. The molecule has 5 rings (SSSR count). The van der Waals surface area contributed by atoms with Crippen molar-refractivity contribution in [2.45, 2.75) is 18.3 Å². The molecule has 1 aromatic heterocycles. The fraction of sp³-hybridized carbons (Fsp3) is 0.500. The number of nitrogens with zero attached hydrogens (tertiary/aromatic N) is 2. The molecule has 94 valence electrons. The maximum Gasteiger partial charge on any atom is 0.101 e. The van der Waals surface area contributed by atoms with E-state index in [0.717, 1.165) is 15.9 Å². The van der Waals surface area contributed by atoms with Gasteiger partial charge in [-0.2, -0.15) is 0 Å². The van der Waals surface area contributed by atoms with Crippen LogP contribution in [0.5, 0.6) is 0 Å². The van der Waals surface area contributed by atoms with Crippen LogP contribution in [0.15, 0.2) is 22.7 Å². The van der Waals surface area contributed by atoms with Crippen molar-refractivity contribution in [1.29, 1.82) is 0 Å². The molecule has 2 saturated heterocycles. The summed E-state index contributed by atoms with van der Waals surface area (Å²) < 4.78 is 2.44. The van der Waals surface area contributed by atoms with Crippen molar-refractivity contribution >= 4 is 37.5 Å². The second-order valence-corrected chi connectivity index (χ2v) is 7.83. The Bertz CT molecular complexity index is 615. The van der Waals surface area contributed by atoms with Gasteiger partial charge in [-0.05, 0) is 44.0 Å². The van der Waals surface area contributed by atoms with Gasteiger partial charge in [-0.25, -0.2) is 4.98 Å². The van der Waals surface area contributed by atoms with E-state index < -0.39 is 0 Å². The number of piperidine rings is 2. The highest BCUT2D eigenvalue weighted by Gasteiger charge is 2.51. The summed E-state index contributed by atoms with van der Waals surface area (Å²) in [7, 11) is 2.24. The summed E-state index contributed by atoms with van der Waals surface area (Å²) in [5.41, 5.74) is 1.52. The zero-order valence-corrected chi connectivity index (χ0v) is 12.7. The molecule has 0 unspecified atom stereocenters. The lowest BCUT2D eigenvalue weighted by Gasteiger charge is -2.54. The lowest BCUT2D eigenvalue weighted by atomic mass is 9.59. The van der Waals surface area contributed by atoms with Crippen molar-refractivity contribution in [1.82, 2.24) is 9.88 Å². The molecule has 1 aliphatic carbocycles. The van der Waals surface area contributed by atoms with Gasteiger partial charge in [0.15, 0.2) is 0 Å². The van der Waals surface area contributed by atoms with Crippen LogP contribution in [0.2, 0.25) is 0 Å². The largest absolute Gasteiger partial charge is 0.305 e. The summed E-state index contributed by atoms with van der Waals surface area (Å²) in [6.07, 6.45) is 2.69. The molecular formula is C14H15BrN2S. The molecule has 18 heavy (non-hydrogen) atoms. The number of likely N-dealkylation sites (N-methyl/N-ethyl adjacent to an activating group) is 1. The van der Waals surface area contributed by atoms with Crippen LogP contribution >= 0.6 is 27.3 Å². The molecule has 4 heteroatoms. The number of hydrogen-bond donors (Lipinski definition) is 0. The van der Waals surface area contributed by atoms with Crippen LogP contribution < -0.4 is 0 Å². The molecule has 3 aliphatic rings. The summed E-state index contributed by atoms with van der Waals surface area (Å²) in [5.74, 6) is 0.905. The minimum absolute atomic E-state index is 0.369. The number of fused-ring (bicyclic) bond motifs is 3. The quantitative estimate of drug-likeness (QED) is 0.796. The van der Waals surface area contributed by atoms with E-state index in [9.17, 15) is 0 Å². The second kappa shape index (κ2) is 3.78. The van der Waals surface area contributed by atoms with Crippen LogP contribution in [-0.4, -0.2) is 30.0 Å². The summed E-state index contributed by atoms with van der Waals surface area (Å²) >= 11 is 5.42. The topological polar surface area (TPSA) is 16.1 Å². The van der Waals surface area contributed by atoms with Gasteiger partial charge in [-0.3, -0.25) is 0 Å². The fourth-order valence-corrected chi connectivity index (χ4v) is 5.19. The molecule has 2 nitrogen and oxygen atoms in total. The van der Waals surface area contributed by atoms with Crippen molar-refractivity contribution in [3.63, 3.8) is 0 Å². The van der Waals surface area contributed by atoms with Crippen LogP contribution in [0.3, 0.4) is 0 Å². The first-order chi connectivity index (χ1) is 8.64. The number of halogens is 1. The Labute approximate surface area is 119 Å². The highest BCUT2D eigenvalue weighted by molar-refractivity contribution is 9.10. The highest BCUT2D eigenvalue weighted by Crippen LogP contribution is 2.53. The van der Waals surface area contributed by atoms with Crippen molar-refractivity contribution in [3.8, 4) is 0 Å². The predicted molar refractivity (Wildman–Crippen MR) is 79.2 cm³/mol. The van der Waals surface area contributed by atoms with Crippen LogP contribution in [0.4, 0.5) is 0 Å². The van der Waals surface area contributed by atoms with E-state index >= 15 is 0 Å². The van der Waals surface area contributed by atoms with E-state index in [-0.39, 0.29) is 0 Å². The first kappa shape index (κ1) is 11.4. The monoisotopic (exact) mass is 322 g/mol. The zero-order chi connectivity index (χ0) is 12.3. The molecule has 0 spiro atoms. The minimum atomic E-state index is 0.369. The molecule has 3 fully saturated rings. The summed E-state index contributed by atoms with van der Waals surface area (Å²) in [6.45, 7) is 2.46. The van der Waals surface area contributed by atoms with Gasteiger partial charge in [0.05, 0.1) is 10.2 Å². The van der Waals surface area contributed by atoms with Crippen molar-refractivity contribution in [2.75, 3.05) is 20.1 Å². The lowest BCUT2D eigenvalue weighted by Crippen LogP contribution is -2.57. The molecule has 2 aliphatic heterocycles. The first-order valence-electron chi connectivity index (χ1n) is 6.40. The summed E-state index contributed by atoms with van der Waals surface area (Å²) in [4.78, 5) is 7.38. The van der Waals surface area contributed by atoms with E-state index in [0.29, 0.717) is 5.41 Å². The molecule has 1 aromatic carbocycles. The van der Waals surface area contributed by atoms with Crippen LogP contribution in [0.1, 0.15) is 17.8 Å². The van der Waals surface area contributed by atoms with Gasteiger partial charge in [0.2, 0.25) is 0 Å². The average molecular weight is 323 g/mol. The van der Waals surface area contributed by atoms with Gasteiger partial charge in [0.25, 0.3) is 0 Å². The van der Waals surface area contributed by atoms with Crippen LogP contribution in [0, 0.1) is 5.92 Å². The Morgan fingerprint density at radius 3 is 3.06 bits per heavy atom. The minimum Gasteiger partial charge on any atom is -0.305 e. The normalized spacial score (nSPS) is 31.6. The number of thiazole rings is 1. The van der Waals surface area contributed by atoms with E-state index in [1.54, 1.807) is 0 Å². The van der Waals surface area contributed by atoms with Gasteiger partial charge in [-0.15, -0.1) is 11.3 Å². The lowest BCUT2D eigenvalue weighted by molar-refractivity contribution is 0.0104. The molecule has 0 amide bonds. The van der Waals surface area contributed by atoms with Gasteiger partial charge in [-0.1, -0.05) is 15.9 Å². The Balaban J connectivity index is 1.78. The average Bonchev–Trinajstić information content (AvgIpc) is 2.70. The Hall–Kier alpha value is -0.450. The molecule has 3 heterocycles. The van der Waals surface area contributed by atoms with Gasteiger partial charge < -0.3 is 4.90 Å². The Morgan fingerprint density at radius 1 is 1.44 bits per heavy atom. The Morgan fingerprint density at radius 2 is 2.28 bits per heavy atom. The standard InChI is InChI=1S/C14H15BrN2S/c1-17-7-9-5-14(6-9,8-17)13-16-11-4-10(15)2-3-12(11)18-13/h2-4,9H,5-8H2,1H3. The van der Waals surface area contributed by atoms with Gasteiger partial charge >= 0.3 is 0 Å². The molecule has 0 radical (unpaired) electrons. The number of rotatable bonds is 1. The smallest absolute Gasteiger partial charge is 0.101 e. The maximum absolute atomic E-state index is 4.90. The number of hydrogen-bond acceptors (Lipinski definition) is 3. The van der Waals surface area contributed by atoms with E-state index in [4.69, 9.17) is 4.98 Å². The molecule has 0 atom stereocenters. The van der Waals surface area contributed by atoms with Crippen molar-refractivity contribution in [3.05, 3.63) is 27.7 Å². The predicted octanol–water partition coefficient (Wildman–Crippen LogP) is 3.65. The Kier molecular flexibility index (Phi) is 2.39. The molecule has 2 aromatic rings. The number of aromatic nitrogens is 1. The third-order valence-electron chi connectivity index (χ3n) is 4.30. The first-order valence-corrected chi connectivity index (χ1v) is 8.01. The summed E-state index contributed by atoms with van der Waals surface area (Å²) in [6, 6.07) is 6.42. The van der Waals surface area contributed by atoms with Crippen molar-refractivity contribution < 1.29 is 0 Å². The van der Waals surface area contributed by atoms with Gasteiger partial charge in [0, 0.05) is 23.0 Å². The zero-order valence-electron chi connectivity index (χ0n) is 10.3. The van der Waals surface area contributed by atoms with E-state index in [1.807, 2.05) is 11.3 Å². The molecule has 1 saturated carbocycles. The maximum atomic E-state index is 4.90. The molecule has 0 N–H and O–H groups in total. The third-order valence-corrected chi connectivity index (χ3v) is 6.08. The third kappa shape index (κ3) is 1.59. The van der Waals surface area contributed by atoms with E-state index in [2.05, 4.69) is 46.1 Å². The molecule has 2 bridgehead atoms. The van der Waals surface area contributed by atoms with E-state index in [1.165, 1.54) is 35.6 Å².